The van der Waals surface area contributed by atoms with Crippen LogP contribution in [0.2, 0.25) is 5.02 Å². The number of pyridine rings is 1. The van der Waals surface area contributed by atoms with Crippen molar-refractivity contribution < 1.29 is 9.53 Å². The molecule has 1 aliphatic rings. The van der Waals surface area contributed by atoms with Crippen LogP contribution < -0.4 is 15.4 Å². The molecule has 1 aliphatic heterocycles. The fourth-order valence-electron chi connectivity index (χ4n) is 3.55. The van der Waals surface area contributed by atoms with Crippen LogP contribution in [-0.2, 0) is 0 Å². The van der Waals surface area contributed by atoms with Gasteiger partial charge in [0.25, 0.3) is 5.91 Å². The van der Waals surface area contributed by atoms with Crippen LogP contribution in [0.5, 0.6) is 5.75 Å². The third-order valence-corrected chi connectivity index (χ3v) is 5.29. The minimum atomic E-state index is -0.228. The lowest BCUT2D eigenvalue weighted by molar-refractivity contribution is 0.0947. The summed E-state index contributed by atoms with van der Waals surface area (Å²) in [6.07, 6.45) is 6.00. The van der Waals surface area contributed by atoms with Crippen molar-refractivity contribution in [1.82, 2.24) is 19.9 Å². The normalized spacial score (nSPS) is 14.9. The Balaban J connectivity index is 1.40. The quantitative estimate of drug-likeness (QED) is 0.648. The number of carbonyl (C=O) groups excluding carboxylic acids is 1. The number of hydrogen-bond acceptors (Lipinski definition) is 5. The maximum absolute atomic E-state index is 12.6. The summed E-state index contributed by atoms with van der Waals surface area (Å²) in [5.41, 5.74) is 4.25. The largest absolute Gasteiger partial charge is 0.494 e. The number of rotatable bonds is 6. The van der Waals surface area contributed by atoms with E-state index in [1.165, 1.54) is 5.56 Å². The summed E-state index contributed by atoms with van der Waals surface area (Å²) in [6.45, 7) is 3.30. The van der Waals surface area contributed by atoms with Crippen LogP contribution >= 0.6 is 11.6 Å². The summed E-state index contributed by atoms with van der Waals surface area (Å²) >= 11 is 6.12. The molecule has 0 bridgehead atoms. The van der Waals surface area contributed by atoms with Crippen molar-refractivity contribution in [2.24, 2.45) is 0 Å². The topological polar surface area (TPSA) is 81.1 Å². The molecule has 2 N–H and O–H groups in total. The van der Waals surface area contributed by atoms with Crippen molar-refractivity contribution in [3.8, 4) is 11.4 Å². The molecule has 0 aliphatic carbocycles. The van der Waals surface area contributed by atoms with E-state index in [1.54, 1.807) is 25.7 Å². The maximum Gasteiger partial charge on any atom is 0.270 e. The molecule has 29 heavy (non-hydrogen) atoms. The van der Waals surface area contributed by atoms with E-state index in [1.807, 2.05) is 35.9 Å². The van der Waals surface area contributed by atoms with Crippen molar-refractivity contribution in [1.29, 1.82) is 0 Å². The highest BCUT2D eigenvalue weighted by molar-refractivity contribution is 6.30. The molecule has 4 rings (SSSR count). The lowest BCUT2D eigenvalue weighted by atomic mass is 9.98. The van der Waals surface area contributed by atoms with E-state index in [2.05, 4.69) is 20.6 Å². The van der Waals surface area contributed by atoms with Gasteiger partial charge in [0, 0.05) is 42.0 Å². The van der Waals surface area contributed by atoms with E-state index >= 15 is 0 Å². The van der Waals surface area contributed by atoms with Gasteiger partial charge in [0.05, 0.1) is 25.3 Å². The smallest absolute Gasteiger partial charge is 0.270 e. The number of nitrogens with one attached hydrogen (secondary N) is 2. The van der Waals surface area contributed by atoms with Gasteiger partial charge in [-0.3, -0.25) is 4.79 Å². The molecule has 8 heteroatoms. The minimum Gasteiger partial charge on any atom is -0.494 e. The van der Waals surface area contributed by atoms with E-state index in [4.69, 9.17) is 16.3 Å². The second kappa shape index (κ2) is 8.13. The molecule has 3 heterocycles. The van der Waals surface area contributed by atoms with Gasteiger partial charge in [-0.15, -0.1) is 0 Å². The van der Waals surface area contributed by atoms with Crippen LogP contribution in [0.25, 0.3) is 5.69 Å². The number of benzene rings is 1. The average Bonchev–Trinajstić information content (AvgIpc) is 3.33. The molecule has 7 nitrogen and oxygen atoms in total. The summed E-state index contributed by atoms with van der Waals surface area (Å²) in [6, 6.07) is 7.51. The number of anilines is 1. The number of aromatic nitrogens is 3. The van der Waals surface area contributed by atoms with Gasteiger partial charge in [-0.05, 0) is 37.1 Å². The molecule has 0 fully saturated rings. The summed E-state index contributed by atoms with van der Waals surface area (Å²) in [7, 11) is 1.57. The number of hydrogen-bond donors (Lipinski definition) is 2. The van der Waals surface area contributed by atoms with Crippen molar-refractivity contribution in [2.75, 3.05) is 25.5 Å². The first-order chi connectivity index (χ1) is 14.0. The molecule has 3 aromatic rings. The molecular formula is C21H22ClN5O2. The lowest BCUT2D eigenvalue weighted by Crippen LogP contribution is -2.27. The first-order valence-electron chi connectivity index (χ1n) is 9.41. The minimum absolute atomic E-state index is 0.228. The van der Waals surface area contributed by atoms with Crippen LogP contribution in [0.4, 0.5) is 5.69 Å². The third-order valence-electron chi connectivity index (χ3n) is 5.06. The first kappa shape index (κ1) is 19.3. The molecule has 1 aromatic carbocycles. The van der Waals surface area contributed by atoms with Gasteiger partial charge in [-0.25, -0.2) is 9.97 Å². The van der Waals surface area contributed by atoms with Crippen LogP contribution in [-0.4, -0.2) is 40.6 Å². The zero-order valence-corrected chi connectivity index (χ0v) is 17.0. The van der Waals surface area contributed by atoms with Crippen LogP contribution in [0.1, 0.15) is 34.1 Å². The standard InChI is InChI=1S/C21H22ClN5O2/c1-13-11-27(12-26-13)19-10-25-18(8-20(19)29-2)21(28)23-6-5-14-9-24-17-4-3-15(22)7-16(14)17/h3-4,7-8,10-12,14,24H,5-6,9H2,1-2H3,(H,23,28). The van der Waals surface area contributed by atoms with Crippen molar-refractivity contribution >= 4 is 23.2 Å². The Bertz CT molecular complexity index is 1050. The van der Waals surface area contributed by atoms with E-state index in [-0.39, 0.29) is 5.91 Å². The van der Waals surface area contributed by atoms with Gasteiger partial charge in [-0.1, -0.05) is 11.6 Å². The second-order valence-electron chi connectivity index (χ2n) is 7.02. The van der Waals surface area contributed by atoms with E-state index in [0.29, 0.717) is 23.9 Å². The number of imidazole rings is 1. The number of amides is 1. The van der Waals surface area contributed by atoms with Crippen LogP contribution in [0, 0.1) is 6.92 Å². The molecule has 0 radical (unpaired) electrons. The Morgan fingerprint density at radius 2 is 2.24 bits per heavy atom. The third kappa shape index (κ3) is 4.05. The fourth-order valence-corrected chi connectivity index (χ4v) is 3.73. The Labute approximate surface area is 174 Å². The van der Waals surface area contributed by atoms with Gasteiger partial charge in [0.1, 0.15) is 17.1 Å². The van der Waals surface area contributed by atoms with E-state index in [0.717, 1.165) is 35.1 Å². The summed E-state index contributed by atoms with van der Waals surface area (Å²) < 4.78 is 7.26. The molecule has 1 unspecified atom stereocenters. The zero-order chi connectivity index (χ0) is 20.4. The summed E-state index contributed by atoms with van der Waals surface area (Å²) in [5, 5.41) is 7.05. The number of halogens is 1. The number of ether oxygens (including phenoxy) is 1. The summed E-state index contributed by atoms with van der Waals surface area (Å²) in [4.78, 5) is 21.1. The number of aryl methyl sites for hydroxylation is 1. The first-order valence-corrected chi connectivity index (χ1v) is 9.79. The highest BCUT2D eigenvalue weighted by Gasteiger charge is 2.22. The highest BCUT2D eigenvalue weighted by Crippen LogP contribution is 2.35. The number of methoxy groups -OCH3 is 1. The van der Waals surface area contributed by atoms with Crippen molar-refractivity contribution in [3.05, 3.63) is 65.0 Å². The maximum atomic E-state index is 12.6. The lowest BCUT2D eigenvalue weighted by Gasteiger charge is -2.13. The molecule has 0 saturated heterocycles. The Morgan fingerprint density at radius 1 is 1.38 bits per heavy atom. The Hall–Kier alpha value is -3.06. The SMILES string of the molecule is COc1cc(C(=O)NCCC2CNc3ccc(Cl)cc32)ncc1-n1cnc(C)c1. The Kier molecular flexibility index (Phi) is 5.40. The molecule has 1 amide bonds. The number of fused-ring (bicyclic) bond motifs is 1. The molecule has 0 saturated carbocycles. The van der Waals surface area contributed by atoms with Gasteiger partial charge < -0.3 is 19.9 Å². The monoisotopic (exact) mass is 411 g/mol. The average molecular weight is 412 g/mol. The van der Waals surface area contributed by atoms with Crippen LogP contribution in [0.15, 0.2) is 43.0 Å². The van der Waals surface area contributed by atoms with Gasteiger partial charge in [0.15, 0.2) is 0 Å². The number of carbonyl (C=O) groups is 1. The molecular weight excluding hydrogens is 390 g/mol. The predicted molar refractivity (Wildman–Crippen MR) is 112 cm³/mol. The van der Waals surface area contributed by atoms with E-state index in [9.17, 15) is 4.79 Å². The van der Waals surface area contributed by atoms with Crippen molar-refractivity contribution in [2.45, 2.75) is 19.3 Å². The number of nitrogens with zero attached hydrogens (tertiary/aromatic N) is 3. The highest BCUT2D eigenvalue weighted by atomic mass is 35.5. The molecule has 150 valence electrons. The van der Waals surface area contributed by atoms with Gasteiger partial charge >= 0.3 is 0 Å². The predicted octanol–water partition coefficient (Wildman–Crippen LogP) is 3.57. The van der Waals surface area contributed by atoms with Crippen molar-refractivity contribution in [3.63, 3.8) is 0 Å². The Morgan fingerprint density at radius 3 is 3.00 bits per heavy atom. The molecule has 1 atom stereocenters. The second-order valence-corrected chi connectivity index (χ2v) is 7.45. The molecule has 2 aromatic heterocycles. The van der Waals surface area contributed by atoms with Crippen LogP contribution in [0.3, 0.4) is 0 Å². The fraction of sp³-hybridized carbons (Fsp3) is 0.286. The summed E-state index contributed by atoms with van der Waals surface area (Å²) in [5.74, 6) is 0.651. The molecule has 0 spiro atoms. The van der Waals surface area contributed by atoms with E-state index < -0.39 is 0 Å². The van der Waals surface area contributed by atoms with Gasteiger partial charge in [0.2, 0.25) is 0 Å². The van der Waals surface area contributed by atoms with Gasteiger partial charge in [-0.2, -0.15) is 0 Å². The zero-order valence-electron chi connectivity index (χ0n) is 16.3.